The molecule has 0 radical (unpaired) electrons. The largest absolute Gasteiger partial charge is 0.460 e. The van der Waals surface area contributed by atoms with Crippen LogP contribution in [0.4, 0.5) is 0 Å². The maximum absolute atomic E-state index is 11.6. The van der Waals surface area contributed by atoms with Gasteiger partial charge in [0.2, 0.25) is 0 Å². The molecule has 0 atom stereocenters. The van der Waals surface area contributed by atoms with E-state index in [4.69, 9.17) is 4.74 Å². The van der Waals surface area contributed by atoms with Crippen molar-refractivity contribution in [1.82, 2.24) is 0 Å². The van der Waals surface area contributed by atoms with Crippen molar-refractivity contribution in [2.45, 2.75) is 33.3 Å². The summed E-state index contributed by atoms with van der Waals surface area (Å²) >= 11 is 1.28. The van der Waals surface area contributed by atoms with Crippen LogP contribution in [0.15, 0.2) is 12.1 Å². The Labute approximate surface area is 111 Å². The zero-order valence-corrected chi connectivity index (χ0v) is 11.5. The van der Waals surface area contributed by atoms with Gasteiger partial charge in [-0.3, -0.25) is 4.79 Å². The lowest BCUT2D eigenvalue weighted by Crippen LogP contribution is -2.16. The Balaban J connectivity index is 2.47. The molecule has 0 aliphatic heterocycles. The van der Waals surface area contributed by atoms with E-state index < -0.39 is 11.8 Å². The molecule has 0 saturated heterocycles. The van der Waals surface area contributed by atoms with Gasteiger partial charge in [-0.2, -0.15) is 0 Å². The topological polar surface area (TPSA) is 52.6 Å². The minimum absolute atomic E-state index is 0.211. The number of esters is 1. The Morgan fingerprint density at radius 2 is 2.06 bits per heavy atom. The van der Waals surface area contributed by atoms with Crippen molar-refractivity contribution in [2.75, 3.05) is 13.2 Å². The Morgan fingerprint density at radius 1 is 1.28 bits per heavy atom. The van der Waals surface area contributed by atoms with E-state index >= 15 is 0 Å². The summed E-state index contributed by atoms with van der Waals surface area (Å²) in [5, 5.41) is 0. The molecule has 0 fully saturated rings. The monoisotopic (exact) mass is 270 g/mol. The highest BCUT2D eigenvalue weighted by atomic mass is 32.1. The number of ketones is 1. The summed E-state index contributed by atoms with van der Waals surface area (Å²) in [6, 6.07) is 3.45. The lowest BCUT2D eigenvalue weighted by Gasteiger charge is -2.00. The number of unbranched alkanes of at least 4 members (excludes halogenated alkanes) is 1. The minimum Gasteiger partial charge on any atom is -0.460 e. The third-order valence-electron chi connectivity index (χ3n) is 2.23. The van der Waals surface area contributed by atoms with E-state index in [0.29, 0.717) is 11.5 Å². The number of thiophene rings is 1. The van der Waals surface area contributed by atoms with Crippen LogP contribution in [0.3, 0.4) is 0 Å². The Hall–Kier alpha value is -1.20. The predicted molar refractivity (Wildman–Crippen MR) is 69.8 cm³/mol. The maximum Gasteiger partial charge on any atom is 0.380 e. The third-order valence-corrected chi connectivity index (χ3v) is 3.29. The van der Waals surface area contributed by atoms with Gasteiger partial charge in [0, 0.05) is 11.5 Å². The Morgan fingerprint density at radius 3 is 2.72 bits per heavy atom. The Bertz CT molecular complexity index is 397. The summed E-state index contributed by atoms with van der Waals surface area (Å²) in [5.74, 6) is -1.38. The van der Waals surface area contributed by atoms with Crippen LogP contribution < -0.4 is 0 Å². The van der Waals surface area contributed by atoms with Crippen LogP contribution in [0.25, 0.3) is 0 Å². The van der Waals surface area contributed by atoms with Crippen molar-refractivity contribution in [3.05, 3.63) is 21.9 Å². The second-order valence-corrected chi connectivity index (χ2v) is 4.89. The maximum atomic E-state index is 11.6. The summed E-state index contributed by atoms with van der Waals surface area (Å²) in [4.78, 5) is 24.2. The van der Waals surface area contributed by atoms with E-state index in [-0.39, 0.29) is 6.61 Å². The van der Waals surface area contributed by atoms with E-state index in [0.717, 1.165) is 24.3 Å². The van der Waals surface area contributed by atoms with Crippen molar-refractivity contribution in [1.29, 1.82) is 0 Å². The zero-order chi connectivity index (χ0) is 13.4. The van der Waals surface area contributed by atoms with Gasteiger partial charge in [-0.05, 0) is 25.5 Å². The molecule has 1 heterocycles. The van der Waals surface area contributed by atoms with Gasteiger partial charge in [-0.15, -0.1) is 11.3 Å². The van der Waals surface area contributed by atoms with Crippen LogP contribution in [-0.4, -0.2) is 25.0 Å². The Kier molecular flexibility index (Phi) is 6.60. The van der Waals surface area contributed by atoms with Crippen LogP contribution in [0, 0.1) is 0 Å². The number of hydrogen-bond acceptors (Lipinski definition) is 5. The van der Waals surface area contributed by atoms with E-state index in [9.17, 15) is 9.59 Å². The van der Waals surface area contributed by atoms with Gasteiger partial charge in [0.15, 0.2) is 0 Å². The van der Waals surface area contributed by atoms with Gasteiger partial charge >= 0.3 is 5.97 Å². The van der Waals surface area contributed by atoms with Crippen LogP contribution in [-0.2, 0) is 20.9 Å². The van der Waals surface area contributed by atoms with Gasteiger partial charge < -0.3 is 9.47 Å². The second kappa shape index (κ2) is 8.00. The third kappa shape index (κ3) is 4.58. The van der Waals surface area contributed by atoms with E-state index in [1.807, 2.05) is 6.07 Å². The molecule has 0 N–H and O–H groups in total. The standard InChI is InChI=1S/C13H18O4S/c1-3-5-8-16-9-10-6-7-11(18-10)12(14)13(15)17-4-2/h6-7H,3-5,8-9H2,1-2H3. The summed E-state index contributed by atoms with van der Waals surface area (Å²) in [6.07, 6.45) is 2.12. The normalized spacial score (nSPS) is 10.3. The van der Waals surface area contributed by atoms with Crippen molar-refractivity contribution in [3.8, 4) is 0 Å². The van der Waals surface area contributed by atoms with E-state index in [1.54, 1.807) is 13.0 Å². The number of ether oxygens (including phenoxy) is 2. The summed E-state index contributed by atoms with van der Waals surface area (Å²) in [7, 11) is 0. The number of rotatable bonds is 8. The molecule has 0 saturated carbocycles. The fourth-order valence-electron chi connectivity index (χ4n) is 1.29. The summed E-state index contributed by atoms with van der Waals surface area (Å²) in [5.41, 5.74) is 0. The first-order chi connectivity index (χ1) is 8.69. The summed E-state index contributed by atoms with van der Waals surface area (Å²) in [6.45, 7) is 5.19. The van der Waals surface area contributed by atoms with Gasteiger partial charge in [0.05, 0.1) is 18.1 Å². The molecular weight excluding hydrogens is 252 g/mol. The molecule has 0 aliphatic carbocycles. The molecule has 18 heavy (non-hydrogen) atoms. The molecule has 0 spiro atoms. The quantitative estimate of drug-likeness (QED) is 0.315. The lowest BCUT2D eigenvalue weighted by atomic mass is 10.3. The van der Waals surface area contributed by atoms with Gasteiger partial charge in [0.1, 0.15) is 0 Å². The molecule has 1 aromatic heterocycles. The molecule has 0 aliphatic rings. The van der Waals surface area contributed by atoms with Crippen LogP contribution in [0.1, 0.15) is 41.2 Å². The molecule has 4 nitrogen and oxygen atoms in total. The van der Waals surface area contributed by atoms with Crippen molar-refractivity contribution >= 4 is 23.1 Å². The molecule has 100 valence electrons. The molecule has 0 aromatic carbocycles. The van der Waals surface area contributed by atoms with Gasteiger partial charge in [-0.25, -0.2) is 4.79 Å². The smallest absolute Gasteiger partial charge is 0.380 e. The fraction of sp³-hybridized carbons (Fsp3) is 0.538. The van der Waals surface area contributed by atoms with Crippen LogP contribution >= 0.6 is 11.3 Å². The highest BCUT2D eigenvalue weighted by molar-refractivity contribution is 7.14. The van der Waals surface area contributed by atoms with E-state index in [1.165, 1.54) is 11.3 Å². The highest BCUT2D eigenvalue weighted by Gasteiger charge is 2.19. The first-order valence-corrected chi connectivity index (χ1v) is 6.88. The van der Waals surface area contributed by atoms with Crippen molar-refractivity contribution in [2.24, 2.45) is 0 Å². The van der Waals surface area contributed by atoms with Crippen LogP contribution in [0.2, 0.25) is 0 Å². The van der Waals surface area contributed by atoms with Crippen molar-refractivity contribution in [3.63, 3.8) is 0 Å². The van der Waals surface area contributed by atoms with Crippen molar-refractivity contribution < 1.29 is 19.1 Å². The second-order valence-electron chi connectivity index (χ2n) is 3.72. The first kappa shape index (κ1) is 14.9. The predicted octanol–water partition coefficient (Wildman–Crippen LogP) is 2.81. The molecule has 5 heteroatoms. The zero-order valence-electron chi connectivity index (χ0n) is 10.7. The fourth-order valence-corrected chi connectivity index (χ4v) is 2.17. The first-order valence-electron chi connectivity index (χ1n) is 6.07. The van der Waals surface area contributed by atoms with Crippen LogP contribution in [0.5, 0.6) is 0 Å². The average Bonchev–Trinajstić information content (AvgIpc) is 2.83. The molecule has 0 amide bonds. The number of carbonyl (C=O) groups is 2. The SMILES string of the molecule is CCCCOCc1ccc(C(=O)C(=O)OCC)s1. The molecule has 1 aromatic rings. The number of carbonyl (C=O) groups excluding carboxylic acids is 2. The number of Topliss-reactive ketones (excluding diaryl/α,β-unsaturated/α-hetero) is 1. The number of hydrogen-bond donors (Lipinski definition) is 0. The lowest BCUT2D eigenvalue weighted by molar-refractivity contribution is -0.137. The molecule has 0 bridgehead atoms. The van der Waals surface area contributed by atoms with Gasteiger partial charge in [-0.1, -0.05) is 13.3 Å². The highest BCUT2D eigenvalue weighted by Crippen LogP contribution is 2.18. The van der Waals surface area contributed by atoms with Gasteiger partial charge in [0.25, 0.3) is 5.78 Å². The molecule has 1 rings (SSSR count). The minimum atomic E-state index is -0.794. The van der Waals surface area contributed by atoms with E-state index in [2.05, 4.69) is 11.7 Å². The molecular formula is C13H18O4S. The molecule has 0 unspecified atom stereocenters. The average molecular weight is 270 g/mol. The summed E-state index contributed by atoms with van der Waals surface area (Å²) < 4.78 is 10.1.